The molecular weight excluding hydrogens is 258 g/mol. The number of hydrogen-bond donors (Lipinski definition) is 1. The van der Waals surface area contributed by atoms with Crippen LogP contribution < -0.4 is 5.32 Å². The Balaban J connectivity index is 1.79. The fraction of sp³-hybridized carbons (Fsp3) is 0.625. The second kappa shape index (κ2) is 7.14. The maximum absolute atomic E-state index is 13.2. The van der Waals surface area contributed by atoms with E-state index in [-0.39, 0.29) is 0 Å². The number of nitrogens with zero attached hydrogens (tertiary/aromatic N) is 1. The average Bonchev–Trinajstić information content (AvgIpc) is 2.36. The van der Waals surface area contributed by atoms with Crippen LogP contribution in [0.5, 0.6) is 0 Å². The molecule has 0 unspecified atom stereocenters. The minimum absolute atomic E-state index is 0.490. The van der Waals surface area contributed by atoms with Crippen LogP contribution in [0.25, 0.3) is 0 Å². The number of likely N-dealkylation sites (tertiary alicyclic amines) is 1. The highest BCUT2D eigenvalue weighted by Gasteiger charge is 2.19. The predicted octanol–water partition coefficient (Wildman–Crippen LogP) is 3.17. The zero-order chi connectivity index (χ0) is 14.5. The number of hydrogen-bond acceptors (Lipinski definition) is 2. The van der Waals surface area contributed by atoms with Crippen molar-refractivity contribution < 1.29 is 8.78 Å². The lowest BCUT2D eigenvalue weighted by atomic mass is 9.96. The molecule has 1 aliphatic heterocycles. The van der Waals surface area contributed by atoms with Crippen molar-refractivity contribution in [2.45, 2.75) is 39.3 Å². The molecule has 0 saturated carbocycles. The second-order valence-corrected chi connectivity index (χ2v) is 6.06. The molecule has 1 aliphatic rings. The Hall–Kier alpha value is -1.00. The van der Waals surface area contributed by atoms with Gasteiger partial charge >= 0.3 is 0 Å². The summed E-state index contributed by atoms with van der Waals surface area (Å²) >= 11 is 0. The van der Waals surface area contributed by atoms with E-state index >= 15 is 0 Å². The summed E-state index contributed by atoms with van der Waals surface area (Å²) in [6.45, 7) is 8.03. The molecule has 0 atom stereocenters. The Kier molecular flexibility index (Phi) is 5.49. The molecule has 0 aliphatic carbocycles. The number of halogens is 2. The molecule has 1 heterocycles. The minimum Gasteiger partial charge on any atom is -0.314 e. The van der Waals surface area contributed by atoms with Crippen molar-refractivity contribution >= 4 is 0 Å². The highest BCUT2D eigenvalue weighted by molar-refractivity contribution is 5.17. The van der Waals surface area contributed by atoms with Crippen molar-refractivity contribution in [3.8, 4) is 0 Å². The van der Waals surface area contributed by atoms with Crippen molar-refractivity contribution in [1.82, 2.24) is 10.2 Å². The normalized spacial score (nSPS) is 17.9. The summed E-state index contributed by atoms with van der Waals surface area (Å²) in [6, 6.07) is 4.31. The molecule has 20 heavy (non-hydrogen) atoms. The van der Waals surface area contributed by atoms with Crippen LogP contribution >= 0.6 is 0 Å². The van der Waals surface area contributed by atoms with Crippen LogP contribution in [0.3, 0.4) is 0 Å². The molecule has 0 radical (unpaired) electrons. The van der Waals surface area contributed by atoms with Crippen molar-refractivity contribution in [2.24, 2.45) is 5.92 Å². The SMILES string of the molecule is CC(C)NCC1CCN(Cc2cc(F)cc(F)c2)CC1. The third kappa shape index (κ3) is 4.84. The maximum Gasteiger partial charge on any atom is 0.126 e. The lowest BCUT2D eigenvalue weighted by Crippen LogP contribution is -2.38. The standard InChI is InChI=1S/C16H24F2N2/c1-12(2)19-10-13-3-5-20(6-4-13)11-14-7-15(17)9-16(18)8-14/h7-9,12-13,19H,3-6,10-11H2,1-2H3. The predicted molar refractivity (Wildman–Crippen MR) is 77.5 cm³/mol. The summed E-state index contributed by atoms with van der Waals surface area (Å²) in [4.78, 5) is 2.28. The van der Waals surface area contributed by atoms with Gasteiger partial charge < -0.3 is 5.32 Å². The van der Waals surface area contributed by atoms with E-state index in [1.165, 1.54) is 12.1 Å². The molecule has 0 spiro atoms. The highest BCUT2D eigenvalue weighted by Crippen LogP contribution is 2.19. The summed E-state index contributed by atoms with van der Waals surface area (Å²) in [7, 11) is 0. The molecule has 0 bridgehead atoms. The zero-order valence-corrected chi connectivity index (χ0v) is 12.3. The first kappa shape index (κ1) is 15.4. The molecule has 2 nitrogen and oxygen atoms in total. The van der Waals surface area contributed by atoms with Gasteiger partial charge in [-0.3, -0.25) is 4.90 Å². The van der Waals surface area contributed by atoms with Gasteiger partial charge in [-0.15, -0.1) is 0 Å². The fourth-order valence-corrected chi connectivity index (χ4v) is 2.71. The van der Waals surface area contributed by atoms with Crippen LogP contribution in [0.1, 0.15) is 32.3 Å². The van der Waals surface area contributed by atoms with Gasteiger partial charge in [0.2, 0.25) is 0 Å². The smallest absolute Gasteiger partial charge is 0.126 e. The largest absolute Gasteiger partial charge is 0.314 e. The number of benzene rings is 1. The van der Waals surface area contributed by atoms with E-state index < -0.39 is 11.6 Å². The van der Waals surface area contributed by atoms with Crippen LogP contribution in [0.15, 0.2) is 18.2 Å². The van der Waals surface area contributed by atoms with Crippen LogP contribution in [0.4, 0.5) is 8.78 Å². The van der Waals surface area contributed by atoms with Crippen LogP contribution in [-0.2, 0) is 6.54 Å². The molecule has 0 amide bonds. The summed E-state index contributed by atoms with van der Waals surface area (Å²) in [5, 5.41) is 3.48. The van der Waals surface area contributed by atoms with Gasteiger partial charge in [-0.25, -0.2) is 8.78 Å². The molecule has 4 heteroatoms. The van der Waals surface area contributed by atoms with E-state index in [4.69, 9.17) is 0 Å². The van der Waals surface area contributed by atoms with Crippen LogP contribution in [0, 0.1) is 17.6 Å². The van der Waals surface area contributed by atoms with Crippen molar-refractivity contribution in [2.75, 3.05) is 19.6 Å². The Morgan fingerprint density at radius 3 is 2.30 bits per heavy atom. The first-order chi connectivity index (χ1) is 9.52. The second-order valence-electron chi connectivity index (χ2n) is 6.06. The molecule has 1 aromatic carbocycles. The van der Waals surface area contributed by atoms with Gasteiger partial charge in [-0.2, -0.15) is 0 Å². The van der Waals surface area contributed by atoms with Gasteiger partial charge in [-0.05, 0) is 56.1 Å². The minimum atomic E-state index is -0.490. The van der Waals surface area contributed by atoms with Gasteiger partial charge in [-0.1, -0.05) is 13.8 Å². The Morgan fingerprint density at radius 2 is 1.75 bits per heavy atom. The molecule has 2 rings (SSSR count). The number of rotatable bonds is 5. The van der Waals surface area contributed by atoms with Crippen molar-refractivity contribution in [3.63, 3.8) is 0 Å². The molecule has 112 valence electrons. The van der Waals surface area contributed by atoms with E-state index in [2.05, 4.69) is 24.1 Å². The number of nitrogens with one attached hydrogen (secondary N) is 1. The van der Waals surface area contributed by atoms with Crippen LogP contribution in [-0.4, -0.2) is 30.6 Å². The van der Waals surface area contributed by atoms with Gasteiger partial charge in [0.05, 0.1) is 0 Å². The Morgan fingerprint density at radius 1 is 1.15 bits per heavy atom. The molecule has 1 saturated heterocycles. The fourth-order valence-electron chi connectivity index (χ4n) is 2.71. The Bertz CT molecular complexity index is 406. The summed E-state index contributed by atoms with van der Waals surface area (Å²) in [5.74, 6) is -0.259. The topological polar surface area (TPSA) is 15.3 Å². The van der Waals surface area contributed by atoms with E-state index in [1.807, 2.05) is 0 Å². The maximum atomic E-state index is 13.2. The van der Waals surface area contributed by atoms with Gasteiger partial charge in [0.1, 0.15) is 11.6 Å². The quantitative estimate of drug-likeness (QED) is 0.892. The Labute approximate surface area is 120 Å². The highest BCUT2D eigenvalue weighted by atomic mass is 19.1. The van der Waals surface area contributed by atoms with E-state index in [0.29, 0.717) is 12.6 Å². The molecule has 1 N–H and O–H groups in total. The van der Waals surface area contributed by atoms with E-state index in [0.717, 1.165) is 50.0 Å². The van der Waals surface area contributed by atoms with E-state index in [1.54, 1.807) is 0 Å². The first-order valence-electron chi connectivity index (χ1n) is 7.43. The molecular formula is C16H24F2N2. The monoisotopic (exact) mass is 282 g/mol. The average molecular weight is 282 g/mol. The third-order valence-corrected chi connectivity index (χ3v) is 3.85. The van der Waals surface area contributed by atoms with Gasteiger partial charge in [0.15, 0.2) is 0 Å². The summed E-state index contributed by atoms with van der Waals surface area (Å²) in [5.41, 5.74) is 0.723. The first-order valence-corrected chi connectivity index (χ1v) is 7.43. The molecule has 1 fully saturated rings. The van der Waals surface area contributed by atoms with Crippen LogP contribution in [0.2, 0.25) is 0 Å². The lowest BCUT2D eigenvalue weighted by molar-refractivity contribution is 0.174. The van der Waals surface area contributed by atoms with Gasteiger partial charge in [0.25, 0.3) is 0 Å². The number of piperidine rings is 1. The van der Waals surface area contributed by atoms with E-state index in [9.17, 15) is 8.78 Å². The van der Waals surface area contributed by atoms with Gasteiger partial charge in [0, 0.05) is 18.7 Å². The molecule has 0 aromatic heterocycles. The lowest BCUT2D eigenvalue weighted by Gasteiger charge is -2.32. The summed E-state index contributed by atoms with van der Waals surface area (Å²) < 4.78 is 26.3. The third-order valence-electron chi connectivity index (χ3n) is 3.85. The summed E-state index contributed by atoms with van der Waals surface area (Å²) in [6.07, 6.45) is 2.30. The van der Waals surface area contributed by atoms with Crippen molar-refractivity contribution in [1.29, 1.82) is 0 Å². The zero-order valence-electron chi connectivity index (χ0n) is 12.3. The molecule has 1 aromatic rings. The van der Waals surface area contributed by atoms with Crippen molar-refractivity contribution in [3.05, 3.63) is 35.4 Å².